The Balaban J connectivity index is 2.38. The molecule has 1 unspecified atom stereocenters. The van der Waals surface area contributed by atoms with E-state index in [-0.39, 0.29) is 0 Å². The van der Waals surface area contributed by atoms with Gasteiger partial charge in [-0.3, -0.25) is 9.69 Å². The normalized spacial score (nSPS) is 18.1. The summed E-state index contributed by atoms with van der Waals surface area (Å²) in [5, 5.41) is 11.7. The lowest BCUT2D eigenvalue weighted by molar-refractivity contribution is -0.139. The molecule has 2 N–H and O–H groups in total. The summed E-state index contributed by atoms with van der Waals surface area (Å²) in [5.74, 6) is -0.791. The van der Waals surface area contributed by atoms with Gasteiger partial charge in [-0.05, 0) is 19.9 Å². The van der Waals surface area contributed by atoms with Crippen LogP contribution in [0.1, 0.15) is 12.8 Å². The minimum atomic E-state index is -0.791. The van der Waals surface area contributed by atoms with Gasteiger partial charge in [0.1, 0.15) is 6.04 Å². The highest BCUT2D eigenvalue weighted by atomic mass is 16.5. The van der Waals surface area contributed by atoms with Crippen molar-refractivity contribution in [3.8, 4) is 0 Å². The minimum absolute atomic E-state index is 0.484. The Morgan fingerprint density at radius 1 is 1.67 bits per heavy atom. The van der Waals surface area contributed by atoms with Crippen LogP contribution in [0.4, 0.5) is 0 Å². The van der Waals surface area contributed by atoms with Gasteiger partial charge in [0.15, 0.2) is 0 Å². The molecule has 1 aliphatic rings. The summed E-state index contributed by atoms with van der Waals surface area (Å²) in [6.07, 6.45) is 2.36. The van der Waals surface area contributed by atoms with E-state index in [9.17, 15) is 4.79 Å². The van der Waals surface area contributed by atoms with Crippen molar-refractivity contribution in [2.75, 3.05) is 33.9 Å². The van der Waals surface area contributed by atoms with Gasteiger partial charge in [-0.2, -0.15) is 0 Å². The van der Waals surface area contributed by atoms with Crippen LogP contribution in [0.5, 0.6) is 0 Å². The average Bonchev–Trinajstić information content (AvgIpc) is 3.01. The van der Waals surface area contributed by atoms with Gasteiger partial charge in [0.2, 0.25) is 0 Å². The number of rotatable bonds is 8. The largest absolute Gasteiger partial charge is 0.480 e. The predicted octanol–water partition coefficient (Wildman–Crippen LogP) is -0.230. The van der Waals surface area contributed by atoms with Crippen molar-refractivity contribution in [2.24, 2.45) is 0 Å². The first-order chi connectivity index (χ1) is 7.19. The third kappa shape index (κ3) is 4.15. The van der Waals surface area contributed by atoms with Crippen LogP contribution in [-0.2, 0) is 9.53 Å². The van der Waals surface area contributed by atoms with Crippen LogP contribution in [0, 0.1) is 0 Å². The van der Waals surface area contributed by atoms with Gasteiger partial charge in [0.25, 0.3) is 0 Å². The number of nitrogens with one attached hydrogen (secondary N) is 1. The Labute approximate surface area is 90.4 Å². The predicted molar refractivity (Wildman–Crippen MR) is 57.0 cm³/mol. The molecule has 1 fully saturated rings. The summed E-state index contributed by atoms with van der Waals surface area (Å²) >= 11 is 0. The Morgan fingerprint density at radius 2 is 2.33 bits per heavy atom. The van der Waals surface area contributed by atoms with Crippen molar-refractivity contribution < 1.29 is 14.6 Å². The van der Waals surface area contributed by atoms with E-state index in [1.54, 1.807) is 14.2 Å². The van der Waals surface area contributed by atoms with Gasteiger partial charge in [0, 0.05) is 26.2 Å². The molecule has 5 heteroatoms. The first-order valence-corrected chi connectivity index (χ1v) is 5.32. The molecule has 0 aromatic rings. The molecule has 0 heterocycles. The molecule has 0 amide bonds. The maximum atomic E-state index is 10.9. The molecule has 0 aromatic carbocycles. The molecule has 88 valence electrons. The third-order valence-electron chi connectivity index (χ3n) is 2.71. The van der Waals surface area contributed by atoms with E-state index in [2.05, 4.69) is 10.2 Å². The zero-order chi connectivity index (χ0) is 11.3. The number of carbonyl (C=O) groups is 1. The van der Waals surface area contributed by atoms with Crippen LogP contribution in [-0.4, -0.2) is 61.9 Å². The molecule has 0 aliphatic heterocycles. The van der Waals surface area contributed by atoms with Crippen LogP contribution in [0.15, 0.2) is 0 Å². The average molecular weight is 216 g/mol. The van der Waals surface area contributed by atoms with Crippen LogP contribution in [0.2, 0.25) is 0 Å². The van der Waals surface area contributed by atoms with Crippen LogP contribution in [0.25, 0.3) is 0 Å². The van der Waals surface area contributed by atoms with Crippen molar-refractivity contribution >= 4 is 5.97 Å². The maximum absolute atomic E-state index is 10.9. The first-order valence-electron chi connectivity index (χ1n) is 5.32. The molecule has 0 spiro atoms. The van der Waals surface area contributed by atoms with Gasteiger partial charge in [-0.15, -0.1) is 0 Å². The van der Waals surface area contributed by atoms with Gasteiger partial charge in [0.05, 0.1) is 6.61 Å². The zero-order valence-corrected chi connectivity index (χ0v) is 9.40. The summed E-state index contributed by atoms with van der Waals surface area (Å²) in [5.41, 5.74) is 0. The van der Waals surface area contributed by atoms with E-state index >= 15 is 0 Å². The molecule has 0 bridgehead atoms. The smallest absolute Gasteiger partial charge is 0.322 e. The number of aliphatic carboxylic acids is 1. The summed E-state index contributed by atoms with van der Waals surface area (Å²) in [6.45, 7) is 2.03. The monoisotopic (exact) mass is 216 g/mol. The maximum Gasteiger partial charge on any atom is 0.322 e. The minimum Gasteiger partial charge on any atom is -0.480 e. The highest BCUT2D eigenvalue weighted by Gasteiger charge is 2.31. The Bertz CT molecular complexity index is 207. The molecule has 15 heavy (non-hydrogen) atoms. The lowest BCUT2D eigenvalue weighted by atomic mass is 10.2. The van der Waals surface area contributed by atoms with Crippen molar-refractivity contribution in [2.45, 2.75) is 24.9 Å². The van der Waals surface area contributed by atoms with E-state index in [1.807, 2.05) is 0 Å². The molecule has 1 aliphatic carbocycles. The number of carboxylic acids is 1. The lowest BCUT2D eigenvalue weighted by Gasteiger charge is -2.24. The van der Waals surface area contributed by atoms with E-state index in [0.717, 1.165) is 6.54 Å². The number of methoxy groups -OCH3 is 1. The Hall–Kier alpha value is -0.650. The summed E-state index contributed by atoms with van der Waals surface area (Å²) in [4.78, 5) is 13.1. The number of nitrogens with zero attached hydrogens (tertiary/aromatic N) is 1. The summed E-state index contributed by atoms with van der Waals surface area (Å²) in [6, 6.07) is 0.0813. The first kappa shape index (κ1) is 12.4. The molecule has 0 aromatic heterocycles. The van der Waals surface area contributed by atoms with Crippen molar-refractivity contribution in [1.82, 2.24) is 10.2 Å². The Morgan fingerprint density at radius 3 is 2.73 bits per heavy atom. The second-order valence-corrected chi connectivity index (χ2v) is 3.90. The van der Waals surface area contributed by atoms with Gasteiger partial charge < -0.3 is 15.2 Å². The third-order valence-corrected chi connectivity index (χ3v) is 2.71. The van der Waals surface area contributed by atoms with Crippen LogP contribution < -0.4 is 5.32 Å². The molecule has 0 radical (unpaired) electrons. The summed E-state index contributed by atoms with van der Waals surface area (Å²) < 4.78 is 5.02. The molecule has 5 nitrogen and oxygen atoms in total. The standard InChI is InChI=1S/C10H20N2O3/c1-11-9(10(13)14)7-12(5-6-15-2)8-3-4-8/h8-9,11H,3-7H2,1-2H3,(H,13,14). The fraction of sp³-hybridized carbons (Fsp3) is 0.900. The molecule has 1 atom stereocenters. The fourth-order valence-corrected chi connectivity index (χ4v) is 1.60. The number of carboxylic acid groups (broad SMARTS) is 1. The SMILES string of the molecule is CNC(CN(CCOC)C1CC1)C(=O)O. The van der Waals surface area contributed by atoms with E-state index < -0.39 is 12.0 Å². The van der Waals surface area contributed by atoms with E-state index in [1.165, 1.54) is 12.8 Å². The second-order valence-electron chi connectivity index (χ2n) is 3.90. The Kier molecular flexibility index (Phi) is 5.01. The molecule has 0 saturated heterocycles. The van der Waals surface area contributed by atoms with Crippen molar-refractivity contribution in [1.29, 1.82) is 0 Å². The van der Waals surface area contributed by atoms with Crippen molar-refractivity contribution in [3.05, 3.63) is 0 Å². The quantitative estimate of drug-likeness (QED) is 0.587. The lowest BCUT2D eigenvalue weighted by Crippen LogP contribution is -2.46. The summed E-state index contributed by atoms with van der Waals surface area (Å²) in [7, 11) is 3.35. The van der Waals surface area contributed by atoms with Gasteiger partial charge in [-0.25, -0.2) is 0 Å². The zero-order valence-electron chi connectivity index (χ0n) is 9.40. The van der Waals surface area contributed by atoms with Gasteiger partial charge in [-0.1, -0.05) is 0 Å². The van der Waals surface area contributed by atoms with Crippen LogP contribution in [0.3, 0.4) is 0 Å². The fourth-order valence-electron chi connectivity index (χ4n) is 1.60. The molecular formula is C10H20N2O3. The van der Waals surface area contributed by atoms with E-state index in [4.69, 9.17) is 9.84 Å². The molecule has 1 saturated carbocycles. The highest BCUT2D eigenvalue weighted by Crippen LogP contribution is 2.26. The highest BCUT2D eigenvalue weighted by molar-refractivity contribution is 5.73. The molecular weight excluding hydrogens is 196 g/mol. The van der Waals surface area contributed by atoms with Crippen molar-refractivity contribution in [3.63, 3.8) is 0 Å². The number of ether oxygens (including phenoxy) is 1. The topological polar surface area (TPSA) is 61.8 Å². The number of likely N-dealkylation sites (N-methyl/N-ethyl adjacent to an activating group) is 1. The number of hydrogen-bond acceptors (Lipinski definition) is 4. The molecule has 1 rings (SSSR count). The second kappa shape index (κ2) is 6.05. The van der Waals surface area contributed by atoms with Gasteiger partial charge >= 0.3 is 5.97 Å². The van der Waals surface area contributed by atoms with Crippen LogP contribution >= 0.6 is 0 Å². The van der Waals surface area contributed by atoms with E-state index in [0.29, 0.717) is 19.2 Å². The number of hydrogen-bond donors (Lipinski definition) is 2.